The fraction of sp³-hybridized carbons (Fsp3) is 0.167. The first kappa shape index (κ1) is 18.0. The zero-order chi connectivity index (χ0) is 14.1. The smallest absolute Gasteiger partial charge is 0.194 e. The second-order valence-corrected chi connectivity index (χ2v) is 2.49. The summed E-state index contributed by atoms with van der Waals surface area (Å²) in [4.78, 5) is 15.9. The van der Waals surface area contributed by atoms with Crippen molar-refractivity contribution in [1.29, 1.82) is 0 Å². The molecule has 0 radical (unpaired) electrons. The van der Waals surface area contributed by atoms with Crippen LogP contribution in [0.15, 0.2) is 61.2 Å². The third-order valence-electron chi connectivity index (χ3n) is 1.13. The van der Waals surface area contributed by atoms with Gasteiger partial charge in [0, 0.05) is 29.7 Å². The molecule has 0 atom stereocenters. The lowest BCUT2D eigenvalue weighted by molar-refractivity contribution is -0.445. The van der Waals surface area contributed by atoms with E-state index in [-0.39, 0.29) is 0 Å². The van der Waals surface area contributed by atoms with Crippen LogP contribution in [0.1, 0.15) is 0 Å². The van der Waals surface area contributed by atoms with Crippen LogP contribution in [-0.4, -0.2) is 29.1 Å². The van der Waals surface area contributed by atoms with Gasteiger partial charge in [-0.15, -0.1) is 0 Å². The maximum Gasteiger partial charge on any atom is 0.194 e. The zero-order valence-corrected chi connectivity index (χ0v) is 10.3. The molecule has 18 heavy (non-hydrogen) atoms. The van der Waals surface area contributed by atoms with Crippen LogP contribution < -0.4 is 0 Å². The minimum absolute atomic E-state index is 0.500. The van der Waals surface area contributed by atoms with Gasteiger partial charge in [-0.1, -0.05) is 12.1 Å². The molecule has 0 saturated heterocycles. The average Bonchev–Trinajstić information content (AvgIpc) is 2.45. The summed E-state index contributed by atoms with van der Waals surface area (Å²) in [5.74, 6) is 0. The number of nitrogens with zero attached hydrogens (tertiary/aromatic N) is 3. The maximum absolute atomic E-state index is 9.50. The molecular formula is C12H16FN3O2. The molecule has 0 aliphatic heterocycles. The van der Waals surface area contributed by atoms with Crippen LogP contribution in [0.25, 0.3) is 0 Å². The van der Waals surface area contributed by atoms with Crippen LogP contribution in [0.4, 0.5) is 4.39 Å². The summed E-state index contributed by atoms with van der Waals surface area (Å²) in [6.07, 6.45) is 7.00. The van der Waals surface area contributed by atoms with E-state index in [2.05, 4.69) is 9.97 Å². The van der Waals surface area contributed by atoms with Gasteiger partial charge in [0.05, 0.1) is 7.18 Å². The predicted molar refractivity (Wildman–Crippen MR) is 68.4 cm³/mol. The molecule has 5 nitrogen and oxygen atoms in total. The second kappa shape index (κ2) is 17.0. The van der Waals surface area contributed by atoms with Gasteiger partial charge < -0.3 is 0 Å². The Hall–Kier alpha value is -2.37. The summed E-state index contributed by atoms with van der Waals surface area (Å²) in [5.41, 5.74) is 0. The summed E-state index contributed by atoms with van der Waals surface area (Å²) in [5, 5.41) is 8.81. The molecule has 2 rings (SSSR count). The summed E-state index contributed by atoms with van der Waals surface area (Å²) >= 11 is 0. The lowest BCUT2D eigenvalue weighted by Gasteiger charge is -1.70. The Bertz CT molecular complexity index is 271. The Balaban J connectivity index is 0. The number of rotatable bonds is 0. The Labute approximate surface area is 105 Å². The van der Waals surface area contributed by atoms with Crippen molar-refractivity contribution in [3.8, 4) is 0 Å². The molecule has 2 aromatic rings. The molecule has 0 unspecified atom stereocenters. The van der Waals surface area contributed by atoms with Gasteiger partial charge in [-0.2, -0.15) is 0 Å². The van der Waals surface area contributed by atoms with E-state index in [0.717, 1.165) is 7.05 Å². The number of hydrogen-bond acceptors (Lipinski definition) is 4. The van der Waals surface area contributed by atoms with E-state index in [1.165, 1.54) is 0 Å². The maximum atomic E-state index is 9.50. The second-order valence-electron chi connectivity index (χ2n) is 2.49. The number of halogens is 1. The van der Waals surface area contributed by atoms with Crippen LogP contribution in [0.5, 0.6) is 0 Å². The van der Waals surface area contributed by atoms with Crippen molar-refractivity contribution in [2.75, 3.05) is 14.2 Å². The van der Waals surface area contributed by atoms with Crippen LogP contribution in [0.2, 0.25) is 0 Å². The molecule has 0 fully saturated rings. The summed E-state index contributed by atoms with van der Waals surface area (Å²) in [6.45, 7) is 0. The largest absolute Gasteiger partial charge is 0.265 e. The molecule has 98 valence electrons. The molecule has 6 heteroatoms. The number of hydrogen-bond donors (Lipinski definition) is 0. The standard InChI is InChI=1S/2C5H5N.CH3F.CH3NO2/c2*1-2-4-6-5-3-1;1-2;1-2(3)4/h2*1-5H;1H3;1H3. The van der Waals surface area contributed by atoms with Gasteiger partial charge >= 0.3 is 0 Å². The van der Waals surface area contributed by atoms with Crippen LogP contribution in [0, 0.1) is 10.1 Å². The molecule has 0 aliphatic carbocycles. The molecule has 2 heterocycles. The number of pyridine rings is 2. The first-order chi connectivity index (χ1) is 8.73. The first-order valence-electron chi connectivity index (χ1n) is 4.89. The fourth-order valence-corrected chi connectivity index (χ4v) is 0.625. The van der Waals surface area contributed by atoms with E-state index in [9.17, 15) is 4.39 Å². The first-order valence-corrected chi connectivity index (χ1v) is 4.89. The Morgan fingerprint density at radius 2 is 1.06 bits per heavy atom. The third-order valence-corrected chi connectivity index (χ3v) is 1.13. The van der Waals surface area contributed by atoms with Crippen molar-refractivity contribution in [2.24, 2.45) is 0 Å². The molecular weight excluding hydrogens is 237 g/mol. The van der Waals surface area contributed by atoms with E-state index in [4.69, 9.17) is 10.1 Å². The van der Waals surface area contributed by atoms with Gasteiger partial charge in [0.2, 0.25) is 0 Å². The molecule has 0 saturated carbocycles. The highest BCUT2D eigenvalue weighted by Gasteiger charge is 1.59. The highest BCUT2D eigenvalue weighted by atomic mass is 19.1. The van der Waals surface area contributed by atoms with Crippen LogP contribution in [0.3, 0.4) is 0 Å². The molecule has 0 bridgehead atoms. The topological polar surface area (TPSA) is 68.9 Å². The quantitative estimate of drug-likeness (QED) is 0.534. The zero-order valence-electron chi connectivity index (χ0n) is 10.3. The summed E-state index contributed by atoms with van der Waals surface area (Å²) in [6, 6.07) is 11.4. The van der Waals surface area contributed by atoms with E-state index in [1.807, 2.05) is 36.4 Å². The van der Waals surface area contributed by atoms with E-state index in [0.29, 0.717) is 7.18 Å². The van der Waals surface area contributed by atoms with Crippen molar-refractivity contribution in [1.82, 2.24) is 9.97 Å². The summed E-state index contributed by atoms with van der Waals surface area (Å²) < 4.78 is 9.50. The summed E-state index contributed by atoms with van der Waals surface area (Å²) in [7, 11) is 1.39. The van der Waals surface area contributed by atoms with Crippen LogP contribution in [-0.2, 0) is 0 Å². The minimum atomic E-state index is -0.500. The Kier molecular flexibility index (Phi) is 17.0. The normalized spacial score (nSPS) is 7.06. The van der Waals surface area contributed by atoms with Crippen molar-refractivity contribution < 1.29 is 9.31 Å². The third kappa shape index (κ3) is 23.4. The highest BCUT2D eigenvalue weighted by Crippen LogP contribution is 1.74. The number of nitro groups is 1. The average molecular weight is 253 g/mol. The van der Waals surface area contributed by atoms with Crippen molar-refractivity contribution in [3.63, 3.8) is 0 Å². The molecule has 0 aromatic carbocycles. The molecule has 0 amide bonds. The molecule has 0 aliphatic rings. The fourth-order valence-electron chi connectivity index (χ4n) is 0.625. The van der Waals surface area contributed by atoms with Crippen LogP contribution >= 0.6 is 0 Å². The Morgan fingerprint density at radius 3 is 1.11 bits per heavy atom. The van der Waals surface area contributed by atoms with E-state index >= 15 is 0 Å². The lowest BCUT2D eigenvalue weighted by atomic mass is 10.5. The van der Waals surface area contributed by atoms with Gasteiger partial charge in [0.15, 0.2) is 7.05 Å². The monoisotopic (exact) mass is 253 g/mol. The van der Waals surface area contributed by atoms with Crippen molar-refractivity contribution in [3.05, 3.63) is 71.3 Å². The van der Waals surface area contributed by atoms with E-state index < -0.39 is 4.92 Å². The highest BCUT2D eigenvalue weighted by molar-refractivity contribution is 4.88. The minimum Gasteiger partial charge on any atom is -0.265 e. The number of alkyl halides is 1. The molecule has 0 N–H and O–H groups in total. The van der Waals surface area contributed by atoms with Gasteiger partial charge in [-0.3, -0.25) is 24.5 Å². The van der Waals surface area contributed by atoms with Gasteiger partial charge in [0.1, 0.15) is 0 Å². The Morgan fingerprint density at radius 1 is 0.833 bits per heavy atom. The van der Waals surface area contributed by atoms with Crippen molar-refractivity contribution in [2.45, 2.75) is 0 Å². The molecule has 0 spiro atoms. The lowest BCUT2D eigenvalue weighted by Crippen LogP contribution is -1.79. The van der Waals surface area contributed by atoms with E-state index in [1.54, 1.807) is 24.8 Å². The van der Waals surface area contributed by atoms with Gasteiger partial charge in [0.25, 0.3) is 0 Å². The predicted octanol–water partition coefficient (Wildman–Crippen LogP) is 2.64. The van der Waals surface area contributed by atoms with Crippen molar-refractivity contribution >= 4 is 0 Å². The SMILES string of the molecule is CF.C[N+](=O)[O-].c1ccncc1.c1ccncc1. The van der Waals surface area contributed by atoms with Gasteiger partial charge in [-0.25, -0.2) is 0 Å². The molecule has 2 aromatic heterocycles. The van der Waals surface area contributed by atoms with Gasteiger partial charge in [-0.05, 0) is 24.3 Å². The number of aromatic nitrogens is 2.